The lowest BCUT2D eigenvalue weighted by Crippen LogP contribution is -2.62. The van der Waals surface area contributed by atoms with Gasteiger partial charge >= 0.3 is 0 Å². The number of hydrogen-bond donors (Lipinski definition) is 1. The zero-order valence-electron chi connectivity index (χ0n) is 13.5. The quantitative estimate of drug-likeness (QED) is 0.873. The predicted octanol–water partition coefficient (Wildman–Crippen LogP) is 2.65. The zero-order valence-corrected chi connectivity index (χ0v) is 13.5. The smallest absolute Gasteiger partial charge is 0.247 e. The number of carbonyl (C=O) groups excluding carboxylic acids is 2. The molecule has 0 spiro atoms. The van der Waals surface area contributed by atoms with Gasteiger partial charge in [-0.05, 0) is 39.2 Å². The Balaban J connectivity index is 1.90. The highest BCUT2D eigenvalue weighted by atomic mass is 16.2. The van der Waals surface area contributed by atoms with Crippen molar-refractivity contribution in [1.82, 2.24) is 10.2 Å². The minimum atomic E-state index is -0.507. The molecule has 1 aliphatic carbocycles. The summed E-state index contributed by atoms with van der Waals surface area (Å²) >= 11 is 0. The van der Waals surface area contributed by atoms with Gasteiger partial charge in [-0.1, -0.05) is 36.8 Å². The van der Waals surface area contributed by atoms with Crippen LogP contribution in [-0.4, -0.2) is 28.3 Å². The Labute approximate surface area is 131 Å². The second-order valence-electron chi connectivity index (χ2n) is 7.40. The third-order valence-corrected chi connectivity index (χ3v) is 4.55. The van der Waals surface area contributed by atoms with Gasteiger partial charge in [0.2, 0.25) is 11.8 Å². The van der Waals surface area contributed by atoms with Gasteiger partial charge in [0.05, 0.1) is 5.92 Å². The molecule has 1 aromatic rings. The second-order valence-corrected chi connectivity index (χ2v) is 7.40. The summed E-state index contributed by atoms with van der Waals surface area (Å²) in [4.78, 5) is 27.1. The van der Waals surface area contributed by atoms with Crippen LogP contribution in [0.2, 0.25) is 0 Å². The van der Waals surface area contributed by atoms with E-state index < -0.39 is 6.04 Å². The van der Waals surface area contributed by atoms with Crippen LogP contribution >= 0.6 is 0 Å². The molecule has 0 radical (unpaired) electrons. The molecule has 4 nitrogen and oxygen atoms in total. The van der Waals surface area contributed by atoms with Crippen molar-refractivity contribution in [1.29, 1.82) is 0 Å². The van der Waals surface area contributed by atoms with E-state index in [-0.39, 0.29) is 29.3 Å². The average molecular weight is 300 g/mol. The first-order valence-corrected chi connectivity index (χ1v) is 8.07. The van der Waals surface area contributed by atoms with Gasteiger partial charge in [0.15, 0.2) is 0 Å². The standard InChI is InChI=1S/C18H24N2O2/c1-18(2,3)19-16(21)15(12-8-5-4-6-9-12)20-14-11-7-10-13(14)17(20)22/h4-6,8-9,13-15H,7,10-11H2,1-3H3,(H,19,21)/t13-,14+,15?/m1/s1. The Bertz CT molecular complexity index is 576. The number of carbonyl (C=O) groups is 2. The van der Waals surface area contributed by atoms with Crippen molar-refractivity contribution in [2.75, 3.05) is 0 Å². The van der Waals surface area contributed by atoms with Gasteiger partial charge in [0.1, 0.15) is 6.04 Å². The van der Waals surface area contributed by atoms with E-state index in [1.165, 1.54) is 0 Å². The number of nitrogens with one attached hydrogen (secondary N) is 1. The van der Waals surface area contributed by atoms with E-state index in [4.69, 9.17) is 0 Å². The molecule has 1 saturated heterocycles. The lowest BCUT2D eigenvalue weighted by Gasteiger charge is -2.48. The molecule has 1 N–H and O–H groups in total. The molecule has 118 valence electrons. The van der Waals surface area contributed by atoms with Crippen molar-refractivity contribution in [2.24, 2.45) is 5.92 Å². The number of rotatable bonds is 3. The van der Waals surface area contributed by atoms with E-state index in [0.717, 1.165) is 24.8 Å². The number of likely N-dealkylation sites (tertiary alicyclic amines) is 1. The molecule has 3 atom stereocenters. The van der Waals surface area contributed by atoms with Crippen LogP contribution in [0, 0.1) is 5.92 Å². The summed E-state index contributed by atoms with van der Waals surface area (Å²) in [5.41, 5.74) is 0.579. The molecule has 3 rings (SSSR count). The first kappa shape index (κ1) is 15.1. The molecule has 2 fully saturated rings. The molecule has 1 heterocycles. The maximum absolute atomic E-state index is 12.8. The number of amides is 2. The second kappa shape index (κ2) is 5.41. The molecule has 1 aliphatic heterocycles. The van der Waals surface area contributed by atoms with Crippen LogP contribution in [0.15, 0.2) is 30.3 Å². The summed E-state index contributed by atoms with van der Waals surface area (Å²) < 4.78 is 0. The molecule has 2 amide bonds. The molecule has 0 aromatic heterocycles. The highest BCUT2D eigenvalue weighted by Crippen LogP contribution is 2.45. The van der Waals surface area contributed by atoms with Crippen molar-refractivity contribution in [3.63, 3.8) is 0 Å². The SMILES string of the molecule is CC(C)(C)NC(=O)C(c1ccccc1)N1C(=O)[C@@H]2CCC[C@@H]21. The van der Waals surface area contributed by atoms with Crippen LogP contribution in [0.5, 0.6) is 0 Å². The zero-order chi connectivity index (χ0) is 15.9. The van der Waals surface area contributed by atoms with Crippen LogP contribution in [0.4, 0.5) is 0 Å². The summed E-state index contributed by atoms with van der Waals surface area (Å²) in [6.45, 7) is 5.88. The molecule has 1 saturated carbocycles. The first-order valence-electron chi connectivity index (χ1n) is 8.07. The number of fused-ring (bicyclic) bond motifs is 1. The van der Waals surface area contributed by atoms with Gasteiger partial charge < -0.3 is 10.2 Å². The topological polar surface area (TPSA) is 49.4 Å². The van der Waals surface area contributed by atoms with Crippen molar-refractivity contribution >= 4 is 11.8 Å². The summed E-state index contributed by atoms with van der Waals surface area (Å²) in [5, 5.41) is 3.03. The predicted molar refractivity (Wildman–Crippen MR) is 85.1 cm³/mol. The molecular formula is C18H24N2O2. The van der Waals surface area contributed by atoms with Crippen molar-refractivity contribution in [3.8, 4) is 0 Å². The largest absolute Gasteiger partial charge is 0.349 e. The summed E-state index contributed by atoms with van der Waals surface area (Å²) in [5.74, 6) is 0.200. The van der Waals surface area contributed by atoms with Crippen molar-refractivity contribution in [2.45, 2.75) is 57.7 Å². The Morgan fingerprint density at radius 3 is 2.55 bits per heavy atom. The lowest BCUT2D eigenvalue weighted by molar-refractivity contribution is -0.163. The maximum atomic E-state index is 12.8. The van der Waals surface area contributed by atoms with E-state index in [0.29, 0.717) is 0 Å². The number of nitrogens with zero attached hydrogens (tertiary/aromatic N) is 1. The average Bonchev–Trinajstić information content (AvgIpc) is 2.87. The molecule has 0 bridgehead atoms. The molecule has 1 unspecified atom stereocenters. The van der Waals surface area contributed by atoms with Crippen LogP contribution in [0.1, 0.15) is 51.6 Å². The Morgan fingerprint density at radius 1 is 1.23 bits per heavy atom. The third kappa shape index (κ3) is 2.62. The van der Waals surface area contributed by atoms with E-state index in [9.17, 15) is 9.59 Å². The van der Waals surface area contributed by atoms with E-state index in [2.05, 4.69) is 5.32 Å². The summed E-state index contributed by atoms with van der Waals surface area (Å²) in [6.07, 6.45) is 3.07. The van der Waals surface area contributed by atoms with Gasteiger partial charge in [0, 0.05) is 11.6 Å². The van der Waals surface area contributed by atoms with Crippen LogP contribution in [-0.2, 0) is 9.59 Å². The van der Waals surface area contributed by atoms with Gasteiger partial charge in [-0.3, -0.25) is 9.59 Å². The van der Waals surface area contributed by atoms with Crippen LogP contribution < -0.4 is 5.32 Å². The Hall–Kier alpha value is -1.84. The minimum Gasteiger partial charge on any atom is -0.349 e. The first-order chi connectivity index (χ1) is 10.4. The monoisotopic (exact) mass is 300 g/mol. The molecule has 1 aromatic carbocycles. The van der Waals surface area contributed by atoms with E-state index in [1.54, 1.807) is 0 Å². The Kier molecular flexibility index (Phi) is 3.71. The fraction of sp³-hybridized carbons (Fsp3) is 0.556. The van der Waals surface area contributed by atoms with Crippen molar-refractivity contribution in [3.05, 3.63) is 35.9 Å². The molecular weight excluding hydrogens is 276 g/mol. The highest BCUT2D eigenvalue weighted by Gasteiger charge is 2.54. The van der Waals surface area contributed by atoms with Crippen LogP contribution in [0.3, 0.4) is 0 Å². The molecule has 4 heteroatoms. The maximum Gasteiger partial charge on any atom is 0.247 e. The highest BCUT2D eigenvalue weighted by molar-refractivity contribution is 5.94. The molecule has 2 aliphatic rings. The van der Waals surface area contributed by atoms with Gasteiger partial charge in [-0.25, -0.2) is 0 Å². The van der Waals surface area contributed by atoms with Gasteiger partial charge in [-0.2, -0.15) is 0 Å². The fourth-order valence-corrected chi connectivity index (χ4v) is 3.66. The summed E-state index contributed by atoms with van der Waals surface area (Å²) in [7, 11) is 0. The van der Waals surface area contributed by atoms with Crippen molar-refractivity contribution < 1.29 is 9.59 Å². The number of benzene rings is 1. The fourth-order valence-electron chi connectivity index (χ4n) is 3.66. The lowest BCUT2D eigenvalue weighted by atomic mass is 9.86. The van der Waals surface area contributed by atoms with Gasteiger partial charge in [-0.15, -0.1) is 0 Å². The Morgan fingerprint density at radius 2 is 1.91 bits per heavy atom. The van der Waals surface area contributed by atoms with E-state index in [1.807, 2.05) is 56.0 Å². The third-order valence-electron chi connectivity index (χ3n) is 4.55. The van der Waals surface area contributed by atoms with E-state index >= 15 is 0 Å². The van der Waals surface area contributed by atoms with Crippen LogP contribution in [0.25, 0.3) is 0 Å². The minimum absolute atomic E-state index is 0.0857. The number of hydrogen-bond acceptors (Lipinski definition) is 2. The number of β-lactam (4-membered cyclic amide) rings is 1. The summed E-state index contributed by atoms with van der Waals surface area (Å²) in [6, 6.07) is 9.37. The molecule has 22 heavy (non-hydrogen) atoms. The van der Waals surface area contributed by atoms with Gasteiger partial charge in [0.25, 0.3) is 0 Å². The normalized spacial score (nSPS) is 25.4.